The molecule has 0 aliphatic carbocycles. The third-order valence-corrected chi connectivity index (χ3v) is 3.06. The lowest BCUT2D eigenvalue weighted by molar-refractivity contribution is -0.742. The van der Waals surface area contributed by atoms with Crippen molar-refractivity contribution in [2.75, 3.05) is 0 Å². The lowest BCUT2D eigenvalue weighted by Crippen LogP contribution is -2.22. The molecule has 0 unspecified atom stereocenters. The molecule has 0 spiro atoms. The first kappa shape index (κ1) is 20.4. The fourth-order valence-electron chi connectivity index (χ4n) is 1.94. The molecule has 2 aromatic rings. The number of hydrogen-bond acceptors (Lipinski definition) is 5. The van der Waals surface area contributed by atoms with Crippen LogP contribution in [0.2, 0.25) is 0 Å². The number of ether oxygens (including phenoxy) is 1. The van der Waals surface area contributed by atoms with E-state index in [1.54, 1.807) is 0 Å². The van der Waals surface area contributed by atoms with Crippen molar-refractivity contribution in [3.63, 3.8) is 0 Å². The number of nitrogens with two attached hydrogens (primary N) is 2. The Kier molecular flexibility index (Phi) is 8.66. The van der Waals surface area contributed by atoms with E-state index in [0.717, 1.165) is 29.0 Å². The SMILES string of the molecule is CC/C(=N\N=C(N)N)c1ccc(OCc2ccccc2)cc1.O=[N+]([O-])O. The summed E-state index contributed by atoms with van der Waals surface area (Å²) < 4.78 is 5.75. The minimum absolute atomic E-state index is 0.0474. The smallest absolute Gasteiger partial charge is 0.291 e. The molecule has 0 amide bonds. The molecule has 0 saturated carbocycles. The minimum atomic E-state index is -1.50. The van der Waals surface area contributed by atoms with Gasteiger partial charge >= 0.3 is 0 Å². The molecule has 138 valence electrons. The van der Waals surface area contributed by atoms with Crippen LogP contribution in [0.3, 0.4) is 0 Å². The van der Waals surface area contributed by atoms with E-state index >= 15 is 0 Å². The molecule has 2 aromatic carbocycles. The van der Waals surface area contributed by atoms with Crippen LogP contribution in [0.5, 0.6) is 5.75 Å². The first-order valence-corrected chi connectivity index (χ1v) is 7.68. The van der Waals surface area contributed by atoms with E-state index < -0.39 is 5.09 Å². The van der Waals surface area contributed by atoms with Gasteiger partial charge in [0.2, 0.25) is 5.96 Å². The van der Waals surface area contributed by atoms with Crippen LogP contribution < -0.4 is 16.2 Å². The number of benzene rings is 2. The second-order valence-corrected chi connectivity index (χ2v) is 4.96. The maximum Gasteiger partial charge on any atom is 0.291 e. The standard InChI is InChI=1S/C17H20N4O.HNO3/c1-2-16(20-21-17(18)19)14-8-10-15(11-9-14)22-12-13-6-4-3-5-7-13;2-1(3)4/h3-11H,2,12H2,1H3,(H4,18,19,21);(H,2,3,4)/b20-16+;. The van der Waals surface area contributed by atoms with Crippen molar-refractivity contribution in [1.82, 2.24) is 0 Å². The Balaban J connectivity index is 0.000000765. The van der Waals surface area contributed by atoms with Gasteiger partial charge in [-0.05, 0) is 41.8 Å². The zero-order valence-electron chi connectivity index (χ0n) is 14.3. The van der Waals surface area contributed by atoms with Gasteiger partial charge in [-0.25, -0.2) is 0 Å². The molecule has 0 saturated heterocycles. The van der Waals surface area contributed by atoms with Gasteiger partial charge < -0.3 is 21.4 Å². The minimum Gasteiger partial charge on any atom is -0.489 e. The Bertz CT molecular complexity index is 738. The molecule has 0 atom stereocenters. The monoisotopic (exact) mass is 359 g/mol. The summed E-state index contributed by atoms with van der Waals surface area (Å²) in [5, 5.41) is 21.4. The average Bonchev–Trinajstić information content (AvgIpc) is 2.61. The summed E-state index contributed by atoms with van der Waals surface area (Å²) >= 11 is 0. The molecule has 2 rings (SSSR count). The highest BCUT2D eigenvalue weighted by molar-refractivity contribution is 6.00. The van der Waals surface area contributed by atoms with Gasteiger partial charge in [0, 0.05) is 0 Å². The molecule has 0 aliphatic heterocycles. The third kappa shape index (κ3) is 8.29. The predicted octanol–water partition coefficient (Wildman–Crippen LogP) is 2.31. The molecule has 0 aliphatic rings. The van der Waals surface area contributed by atoms with Crippen LogP contribution in [0, 0.1) is 10.1 Å². The Morgan fingerprint density at radius 3 is 2.19 bits per heavy atom. The van der Waals surface area contributed by atoms with Gasteiger partial charge in [-0.15, -0.1) is 15.2 Å². The third-order valence-electron chi connectivity index (χ3n) is 3.06. The van der Waals surface area contributed by atoms with Crippen LogP contribution in [0.25, 0.3) is 0 Å². The fourth-order valence-corrected chi connectivity index (χ4v) is 1.94. The molecular weight excluding hydrogens is 338 g/mol. The van der Waals surface area contributed by atoms with E-state index in [2.05, 4.69) is 10.2 Å². The van der Waals surface area contributed by atoms with Crippen molar-refractivity contribution in [3.05, 3.63) is 75.8 Å². The quantitative estimate of drug-likeness (QED) is 0.312. The summed E-state index contributed by atoms with van der Waals surface area (Å²) in [5.41, 5.74) is 13.5. The van der Waals surface area contributed by atoms with Crippen molar-refractivity contribution in [1.29, 1.82) is 0 Å². The van der Waals surface area contributed by atoms with Crippen LogP contribution in [0.4, 0.5) is 0 Å². The van der Waals surface area contributed by atoms with E-state index in [9.17, 15) is 0 Å². The largest absolute Gasteiger partial charge is 0.489 e. The highest BCUT2D eigenvalue weighted by Crippen LogP contribution is 2.15. The van der Waals surface area contributed by atoms with Crippen LogP contribution in [-0.2, 0) is 6.61 Å². The van der Waals surface area contributed by atoms with Gasteiger partial charge in [-0.1, -0.05) is 37.3 Å². The number of hydrogen-bond donors (Lipinski definition) is 3. The Hall–Kier alpha value is -3.62. The molecule has 0 aromatic heterocycles. The van der Waals surface area contributed by atoms with E-state index in [4.69, 9.17) is 31.5 Å². The molecule has 0 fully saturated rings. The molecule has 9 nitrogen and oxygen atoms in total. The molecule has 0 radical (unpaired) electrons. The van der Waals surface area contributed by atoms with E-state index in [0.29, 0.717) is 6.61 Å². The first-order chi connectivity index (χ1) is 12.4. The van der Waals surface area contributed by atoms with Crippen molar-refractivity contribution in [2.45, 2.75) is 20.0 Å². The van der Waals surface area contributed by atoms with Crippen LogP contribution in [0.15, 0.2) is 64.8 Å². The summed E-state index contributed by atoms with van der Waals surface area (Å²) in [6, 6.07) is 17.8. The Labute approximate surface area is 150 Å². The number of guanidine groups is 1. The Morgan fingerprint density at radius 2 is 1.69 bits per heavy atom. The van der Waals surface area contributed by atoms with E-state index in [1.165, 1.54) is 0 Å². The molecule has 9 heteroatoms. The lowest BCUT2D eigenvalue weighted by Gasteiger charge is -2.08. The van der Waals surface area contributed by atoms with Gasteiger partial charge in [-0.3, -0.25) is 0 Å². The number of rotatable bonds is 6. The molecular formula is C17H21N5O4. The molecule has 0 bridgehead atoms. The van der Waals surface area contributed by atoms with Crippen molar-refractivity contribution >= 4 is 11.7 Å². The highest BCUT2D eigenvalue weighted by Gasteiger charge is 2.02. The summed E-state index contributed by atoms with van der Waals surface area (Å²) in [6.45, 7) is 2.55. The molecule has 0 heterocycles. The normalized spacial score (nSPS) is 10.3. The second kappa shape index (κ2) is 11.0. The topological polar surface area (TPSA) is 149 Å². The summed E-state index contributed by atoms with van der Waals surface area (Å²) in [6.07, 6.45) is 0.737. The zero-order chi connectivity index (χ0) is 19.4. The summed E-state index contributed by atoms with van der Waals surface area (Å²) in [7, 11) is 0. The Morgan fingerprint density at radius 1 is 1.12 bits per heavy atom. The van der Waals surface area contributed by atoms with Crippen LogP contribution in [-0.4, -0.2) is 22.0 Å². The number of nitrogens with zero attached hydrogens (tertiary/aromatic N) is 3. The van der Waals surface area contributed by atoms with Gasteiger partial charge in [0.25, 0.3) is 5.09 Å². The maximum atomic E-state index is 8.36. The van der Waals surface area contributed by atoms with Gasteiger partial charge in [0.15, 0.2) is 0 Å². The van der Waals surface area contributed by atoms with Crippen LogP contribution >= 0.6 is 0 Å². The van der Waals surface area contributed by atoms with Gasteiger partial charge in [-0.2, -0.15) is 5.10 Å². The van der Waals surface area contributed by atoms with Crippen molar-refractivity contribution in [2.24, 2.45) is 21.7 Å². The summed E-state index contributed by atoms with van der Waals surface area (Å²) in [4.78, 5) is 8.36. The second-order valence-electron chi connectivity index (χ2n) is 4.96. The van der Waals surface area contributed by atoms with Gasteiger partial charge in [0.05, 0.1) is 5.71 Å². The van der Waals surface area contributed by atoms with Crippen molar-refractivity contribution in [3.8, 4) is 5.75 Å². The van der Waals surface area contributed by atoms with Crippen molar-refractivity contribution < 1.29 is 15.0 Å². The van der Waals surface area contributed by atoms with E-state index in [-0.39, 0.29) is 5.96 Å². The first-order valence-electron chi connectivity index (χ1n) is 7.68. The van der Waals surface area contributed by atoms with Crippen LogP contribution in [0.1, 0.15) is 24.5 Å². The molecule has 26 heavy (non-hydrogen) atoms. The highest BCUT2D eigenvalue weighted by atomic mass is 16.9. The lowest BCUT2D eigenvalue weighted by atomic mass is 10.1. The summed E-state index contributed by atoms with van der Waals surface area (Å²) in [5.74, 6) is 0.763. The maximum absolute atomic E-state index is 8.36. The molecule has 5 N–H and O–H groups in total. The fraction of sp³-hybridized carbons (Fsp3) is 0.176. The van der Waals surface area contributed by atoms with Gasteiger partial charge in [0.1, 0.15) is 12.4 Å². The average molecular weight is 359 g/mol. The zero-order valence-corrected chi connectivity index (χ0v) is 14.3. The predicted molar refractivity (Wildman–Crippen MR) is 98.6 cm³/mol. The van der Waals surface area contributed by atoms with E-state index in [1.807, 2.05) is 61.5 Å².